The Hall–Kier alpha value is -3.48. The van der Waals surface area contributed by atoms with Gasteiger partial charge in [-0.05, 0) is 89.9 Å². The average Bonchev–Trinajstić information content (AvgIpc) is 3.17. The second-order valence-electron chi connectivity index (χ2n) is 12.3. The van der Waals surface area contributed by atoms with Crippen LogP contribution in [0.3, 0.4) is 0 Å². The van der Waals surface area contributed by atoms with Crippen LogP contribution >= 0.6 is 21.6 Å². The Morgan fingerprint density at radius 2 is 0.574 bits per heavy atom. The van der Waals surface area contributed by atoms with Gasteiger partial charge in [0.15, 0.2) is 0 Å². The third-order valence-corrected chi connectivity index (χ3v) is 9.78. The Morgan fingerprint density at radius 1 is 0.352 bits per heavy atom. The summed E-state index contributed by atoms with van der Waals surface area (Å²) < 4.78 is 0. The van der Waals surface area contributed by atoms with Crippen molar-refractivity contribution in [3.05, 3.63) is 146 Å². The molecule has 0 rings (SSSR count). The second-order valence-corrected chi connectivity index (χ2v) is 15.0. The molecule has 298 valence electrons. The molecule has 2 N–H and O–H groups in total. The number of carbonyl (C=O) groups is 2. The Bertz CT molecular complexity index is 1150. The number of hydrogen-bond acceptors (Lipinski definition) is 4. The summed E-state index contributed by atoms with van der Waals surface area (Å²) in [6.45, 7) is 5.64. The summed E-state index contributed by atoms with van der Waals surface area (Å²) in [6.07, 6.45) is 66.9. The molecule has 54 heavy (non-hydrogen) atoms. The maximum absolute atomic E-state index is 12.1. The summed E-state index contributed by atoms with van der Waals surface area (Å²) in [5.41, 5.74) is 0. The average molecular weight is 773 g/mol. The highest BCUT2D eigenvalue weighted by molar-refractivity contribution is 8.76. The Labute approximate surface area is 339 Å². The molecule has 0 aromatic carbocycles. The van der Waals surface area contributed by atoms with Crippen molar-refractivity contribution in [3.8, 4) is 0 Å². The zero-order valence-corrected chi connectivity index (χ0v) is 35.3. The van der Waals surface area contributed by atoms with Gasteiger partial charge >= 0.3 is 0 Å². The van der Waals surface area contributed by atoms with Crippen LogP contribution in [0, 0.1) is 0 Å². The Balaban J connectivity index is 3.58. The summed E-state index contributed by atoms with van der Waals surface area (Å²) in [7, 11) is 3.46. The van der Waals surface area contributed by atoms with Gasteiger partial charge in [-0.15, -0.1) is 0 Å². The van der Waals surface area contributed by atoms with Crippen LogP contribution in [0.1, 0.15) is 117 Å². The van der Waals surface area contributed by atoms with Gasteiger partial charge in [0.1, 0.15) is 0 Å². The van der Waals surface area contributed by atoms with Crippen LogP contribution in [0.25, 0.3) is 0 Å². The maximum atomic E-state index is 12.1. The quantitative estimate of drug-likeness (QED) is 0.0383. The molecule has 4 nitrogen and oxygen atoms in total. The SMILES string of the molecule is CC/C=C\C/C=C\C/C=C\C/C=C\C/C=C\C/C=C\CCC(=O)NCCSSCCNC(=O)CC/C=C\C/C=C\C/C=C\C/C=C\C/C=C\C/C=C\CC. The first-order chi connectivity index (χ1) is 26.7. The number of amides is 2. The van der Waals surface area contributed by atoms with Crippen LogP contribution in [0.15, 0.2) is 146 Å². The van der Waals surface area contributed by atoms with E-state index in [1.807, 2.05) is 0 Å². The lowest BCUT2D eigenvalue weighted by molar-refractivity contribution is -0.121. The first-order valence-electron chi connectivity index (χ1n) is 20.3. The molecule has 0 aliphatic rings. The molecule has 0 aliphatic carbocycles. The van der Waals surface area contributed by atoms with Crippen LogP contribution < -0.4 is 10.6 Å². The first kappa shape index (κ1) is 50.5. The highest BCUT2D eigenvalue weighted by Crippen LogP contribution is 2.19. The van der Waals surface area contributed by atoms with E-state index in [-0.39, 0.29) is 11.8 Å². The van der Waals surface area contributed by atoms with Crippen LogP contribution in [0.4, 0.5) is 0 Å². The summed E-state index contributed by atoms with van der Waals surface area (Å²) in [6, 6.07) is 0. The third-order valence-electron chi connectivity index (χ3n) is 7.37. The van der Waals surface area contributed by atoms with Crippen LogP contribution in [-0.2, 0) is 9.59 Å². The minimum atomic E-state index is 0.0966. The zero-order chi connectivity index (χ0) is 39.1. The molecule has 0 radical (unpaired) electrons. The van der Waals surface area contributed by atoms with E-state index in [2.05, 4.69) is 170 Å². The van der Waals surface area contributed by atoms with Crippen molar-refractivity contribution >= 4 is 33.4 Å². The Morgan fingerprint density at radius 3 is 0.815 bits per heavy atom. The van der Waals surface area contributed by atoms with E-state index in [9.17, 15) is 9.59 Å². The maximum Gasteiger partial charge on any atom is 0.220 e. The molecule has 0 heterocycles. The molecule has 0 bridgehead atoms. The standard InChI is InChI=1S/C48H72N2O2S2/c1-3-5-7-9-11-13-15-17-19-21-23-25-27-29-31-33-35-37-39-41-47(51)49-43-45-53-54-46-44-50-48(52)42-40-38-36-34-32-30-28-26-24-22-20-18-16-14-12-10-8-6-4-2/h5-8,11-14,17-20,23-26,29-32,35-38H,3-4,9-10,15-16,21-22,27-28,33-34,39-46H2,1-2H3,(H,49,51)(H,50,52)/b7-5-,8-6-,13-11-,14-12-,19-17-,20-18-,25-23-,26-24-,31-29-,32-30-,37-35-,38-36-. The van der Waals surface area contributed by atoms with Crippen molar-refractivity contribution in [1.29, 1.82) is 0 Å². The number of carbonyl (C=O) groups excluding carboxylic acids is 2. The fourth-order valence-corrected chi connectivity index (χ4v) is 6.28. The number of hydrogen-bond donors (Lipinski definition) is 2. The van der Waals surface area contributed by atoms with Crippen LogP contribution in [0.5, 0.6) is 0 Å². The van der Waals surface area contributed by atoms with Crippen molar-refractivity contribution in [3.63, 3.8) is 0 Å². The van der Waals surface area contributed by atoms with Gasteiger partial charge in [-0.3, -0.25) is 9.59 Å². The molecular formula is C48H72N2O2S2. The first-order valence-corrected chi connectivity index (χ1v) is 22.8. The largest absolute Gasteiger partial charge is 0.355 e. The van der Waals surface area contributed by atoms with Gasteiger partial charge in [-0.25, -0.2) is 0 Å². The zero-order valence-electron chi connectivity index (χ0n) is 33.6. The molecule has 2 amide bonds. The molecule has 0 saturated heterocycles. The second kappa shape index (κ2) is 45.7. The lowest BCUT2D eigenvalue weighted by Gasteiger charge is -2.05. The van der Waals surface area contributed by atoms with Crippen molar-refractivity contribution in [2.24, 2.45) is 0 Å². The van der Waals surface area contributed by atoms with Crippen molar-refractivity contribution in [1.82, 2.24) is 10.6 Å². The molecule has 6 heteroatoms. The summed E-state index contributed by atoms with van der Waals surface area (Å²) in [5, 5.41) is 5.98. The minimum Gasteiger partial charge on any atom is -0.355 e. The predicted octanol–water partition coefficient (Wildman–Crippen LogP) is 13.6. The highest BCUT2D eigenvalue weighted by atomic mass is 33.1. The number of rotatable bonds is 35. The van der Waals surface area contributed by atoms with Gasteiger partial charge in [-0.1, -0.05) is 181 Å². The number of allylic oxidation sites excluding steroid dienone is 24. The van der Waals surface area contributed by atoms with Gasteiger partial charge in [-0.2, -0.15) is 0 Å². The summed E-state index contributed by atoms with van der Waals surface area (Å²) in [4.78, 5) is 24.1. The molecule has 0 aromatic rings. The summed E-state index contributed by atoms with van der Waals surface area (Å²) >= 11 is 0. The molecule has 0 unspecified atom stereocenters. The van der Waals surface area contributed by atoms with E-state index in [0.717, 1.165) is 101 Å². The normalized spacial score (nSPS) is 13.1. The highest BCUT2D eigenvalue weighted by Gasteiger charge is 2.00. The van der Waals surface area contributed by atoms with Gasteiger partial charge in [0.05, 0.1) is 0 Å². The third kappa shape index (κ3) is 44.7. The van der Waals surface area contributed by atoms with E-state index in [1.54, 1.807) is 21.6 Å². The smallest absolute Gasteiger partial charge is 0.220 e. The lowest BCUT2D eigenvalue weighted by Crippen LogP contribution is -2.25. The van der Waals surface area contributed by atoms with Gasteiger partial charge in [0.2, 0.25) is 11.8 Å². The molecule has 0 fully saturated rings. The monoisotopic (exact) mass is 773 g/mol. The molecule has 0 spiro atoms. The lowest BCUT2D eigenvalue weighted by atomic mass is 10.2. The fourth-order valence-electron chi connectivity index (χ4n) is 4.47. The Kier molecular flexibility index (Phi) is 42.7. The molecule has 0 aromatic heterocycles. The van der Waals surface area contributed by atoms with Crippen molar-refractivity contribution < 1.29 is 9.59 Å². The van der Waals surface area contributed by atoms with Crippen LogP contribution in [0.2, 0.25) is 0 Å². The van der Waals surface area contributed by atoms with Crippen LogP contribution in [-0.4, -0.2) is 36.4 Å². The van der Waals surface area contributed by atoms with Gasteiger partial charge in [0, 0.05) is 37.4 Å². The van der Waals surface area contributed by atoms with Gasteiger partial charge in [0.25, 0.3) is 0 Å². The molecule has 0 atom stereocenters. The minimum absolute atomic E-state index is 0.0966. The van der Waals surface area contributed by atoms with E-state index in [1.165, 1.54) is 0 Å². The summed E-state index contributed by atoms with van der Waals surface area (Å²) in [5.74, 6) is 1.90. The molecule has 0 saturated carbocycles. The van der Waals surface area contributed by atoms with Crippen molar-refractivity contribution in [2.75, 3.05) is 24.6 Å². The van der Waals surface area contributed by atoms with E-state index < -0.39 is 0 Å². The molecule has 0 aliphatic heterocycles. The van der Waals surface area contributed by atoms with Gasteiger partial charge < -0.3 is 10.6 Å². The molecular weight excluding hydrogens is 701 g/mol. The topological polar surface area (TPSA) is 58.2 Å². The number of nitrogens with one attached hydrogen (secondary N) is 2. The fraction of sp³-hybridized carbons (Fsp3) is 0.458. The van der Waals surface area contributed by atoms with E-state index in [0.29, 0.717) is 25.9 Å². The van der Waals surface area contributed by atoms with Crippen molar-refractivity contribution in [2.45, 2.75) is 117 Å². The predicted molar refractivity (Wildman–Crippen MR) is 246 cm³/mol. The van der Waals surface area contributed by atoms with E-state index in [4.69, 9.17) is 0 Å². The van der Waals surface area contributed by atoms with E-state index >= 15 is 0 Å².